The minimum atomic E-state index is -0.454. The maximum absolute atomic E-state index is 2.37. The normalized spacial score (nSPS) is 13.4. The van der Waals surface area contributed by atoms with Gasteiger partial charge in [-0.1, -0.05) is 0 Å². The fourth-order valence-electron chi connectivity index (χ4n) is 4.40. The molecular formula is C25H31Cl3SiTi. The summed E-state index contributed by atoms with van der Waals surface area (Å²) in [6.45, 7) is 9.13. The molecule has 0 unspecified atom stereocenters. The molecule has 0 aliphatic heterocycles. The summed E-state index contributed by atoms with van der Waals surface area (Å²) in [5.41, 5.74) is 9.08. The first-order valence-corrected chi connectivity index (χ1v) is 12.5. The molecule has 0 saturated heterocycles. The monoisotopic (exact) mass is 512 g/mol. The molecule has 3 rings (SSSR count). The number of hydrogen-bond donors (Lipinski definition) is 0. The zero-order valence-corrected chi connectivity index (χ0v) is 23.7. The second kappa shape index (κ2) is 14.0. The van der Waals surface area contributed by atoms with Crippen molar-refractivity contribution in [2.75, 3.05) is 0 Å². The Kier molecular flexibility index (Phi) is 13.9. The minimum Gasteiger partial charge on any atom is -1.00 e. The summed E-state index contributed by atoms with van der Waals surface area (Å²) in [7, 11) is -0.454. The zero-order chi connectivity index (χ0) is 19.4. The number of hydrogen-bond acceptors (Lipinski definition) is 0. The van der Waals surface area contributed by atoms with Gasteiger partial charge in [-0.15, -0.1) is 0 Å². The van der Waals surface area contributed by atoms with Crippen molar-refractivity contribution in [1.82, 2.24) is 0 Å². The molecule has 0 spiro atoms. The Morgan fingerprint density at radius 3 is 2.07 bits per heavy atom. The van der Waals surface area contributed by atoms with Crippen molar-refractivity contribution in [2.45, 2.75) is 59.8 Å². The van der Waals surface area contributed by atoms with Crippen LogP contribution < -0.4 is 42.4 Å². The molecule has 0 aromatic heterocycles. The summed E-state index contributed by atoms with van der Waals surface area (Å²) in [6.07, 6.45) is 6.48. The maximum atomic E-state index is 2.37. The average molecular weight is 514 g/mol. The van der Waals surface area contributed by atoms with Gasteiger partial charge in [0.25, 0.3) is 0 Å². The van der Waals surface area contributed by atoms with Crippen LogP contribution in [0.15, 0.2) is 57.1 Å². The Balaban J connectivity index is 0.00000280. The third kappa shape index (κ3) is 7.12. The van der Waals surface area contributed by atoms with Gasteiger partial charge in [0, 0.05) is 0 Å². The van der Waals surface area contributed by atoms with Crippen LogP contribution in [0, 0.1) is 20.8 Å². The quantitative estimate of drug-likeness (QED) is 0.268. The summed E-state index contributed by atoms with van der Waals surface area (Å²) in [5.74, 6) is 0. The second-order valence-electron chi connectivity index (χ2n) is 8.01. The van der Waals surface area contributed by atoms with Crippen LogP contribution in [-0.2, 0) is 20.4 Å². The van der Waals surface area contributed by atoms with Crippen LogP contribution in [0.5, 0.6) is 0 Å². The molecule has 0 radical (unpaired) electrons. The molecule has 5 heteroatoms. The summed E-state index contributed by atoms with van der Waals surface area (Å²) in [4.78, 5) is 0. The van der Waals surface area contributed by atoms with Crippen molar-refractivity contribution in [2.24, 2.45) is 0 Å². The van der Waals surface area contributed by atoms with Gasteiger partial charge in [-0.2, -0.15) is 0 Å². The molecule has 0 N–H and O–H groups in total. The third-order valence-corrected chi connectivity index (χ3v) is 9.20. The molecule has 1 aliphatic carbocycles. The Hall–Kier alpha value is -0.279. The molecule has 0 fully saturated rings. The minimum absolute atomic E-state index is 0. The van der Waals surface area contributed by atoms with Crippen LogP contribution in [0.25, 0.3) is 5.57 Å². The molecule has 0 atom stereocenters. The standard InChI is InChI=1S/C25H31Si.3ClH.Ti/c1-5-6-8-11-21-16-23(22-12-9-7-10-13-22)24(17-21)26-25-19(3)14-18(2)15-20(25)4;;;;/h7,9-10,12-15H,5-6,8,11,17,26H2,1-4H3;3*1H;/q;;;;+3/p-3. The van der Waals surface area contributed by atoms with Crippen LogP contribution in [0.2, 0.25) is 0 Å². The number of allylic oxidation sites excluding steroid dienone is 4. The molecule has 1 aliphatic rings. The third-order valence-electron chi connectivity index (χ3n) is 5.76. The van der Waals surface area contributed by atoms with Gasteiger partial charge in [0.1, 0.15) is 0 Å². The molecule has 160 valence electrons. The average Bonchev–Trinajstić information content (AvgIpc) is 2.94. The molecule has 0 bridgehead atoms. The van der Waals surface area contributed by atoms with Gasteiger partial charge in [-0.25, -0.2) is 0 Å². The number of aryl methyl sites for hydroxylation is 3. The van der Waals surface area contributed by atoms with Crippen LogP contribution in [-0.4, -0.2) is 9.52 Å². The first-order chi connectivity index (χ1) is 13.0. The number of halogens is 3. The van der Waals surface area contributed by atoms with E-state index < -0.39 is 9.52 Å². The molecule has 2 aromatic rings. The van der Waals surface area contributed by atoms with Gasteiger partial charge in [-0.3, -0.25) is 0 Å². The van der Waals surface area contributed by atoms with Gasteiger partial charge >= 0.3 is 180 Å². The molecular weight excluding hydrogens is 483 g/mol. The second-order valence-corrected chi connectivity index (χ2v) is 10.7. The molecule has 0 nitrogen and oxygen atoms in total. The molecule has 0 saturated carbocycles. The first-order valence-electron chi connectivity index (χ1n) is 10.3. The fraction of sp³-hybridized carbons (Fsp3) is 0.360. The van der Waals surface area contributed by atoms with E-state index in [0.29, 0.717) is 0 Å². The number of unbranched alkanes of at least 4 members (excludes halogenated alkanes) is 2. The summed E-state index contributed by atoms with van der Waals surface area (Å²) in [6, 6.07) is 15.9. The van der Waals surface area contributed by atoms with Crippen molar-refractivity contribution < 1.29 is 57.7 Å². The van der Waals surface area contributed by atoms with E-state index in [9.17, 15) is 0 Å². The van der Waals surface area contributed by atoms with Crippen molar-refractivity contribution in [3.05, 3.63) is 79.4 Å². The van der Waals surface area contributed by atoms with E-state index in [1.807, 2.05) is 0 Å². The van der Waals surface area contributed by atoms with Gasteiger partial charge in [0.15, 0.2) is 0 Å². The van der Waals surface area contributed by atoms with Crippen molar-refractivity contribution in [3.63, 3.8) is 0 Å². The van der Waals surface area contributed by atoms with E-state index in [-0.39, 0.29) is 37.2 Å². The predicted octanol–water partition coefficient (Wildman–Crippen LogP) is -3.39. The Morgan fingerprint density at radius 1 is 0.900 bits per heavy atom. The smallest absolute Gasteiger partial charge is 1.00 e. The largest absolute Gasteiger partial charge is 1.00 e. The number of rotatable bonds is 7. The fourth-order valence-corrected chi connectivity index (χ4v) is 7.68. The van der Waals surface area contributed by atoms with E-state index >= 15 is 0 Å². The van der Waals surface area contributed by atoms with E-state index in [0.717, 1.165) is 0 Å². The van der Waals surface area contributed by atoms with Crippen molar-refractivity contribution in [1.29, 1.82) is 0 Å². The Bertz CT molecular complexity index is 866. The Morgan fingerprint density at radius 2 is 1.50 bits per heavy atom. The molecule has 0 amide bonds. The zero-order valence-electron chi connectivity index (χ0n) is 18.4. The van der Waals surface area contributed by atoms with Gasteiger partial charge < -0.3 is 37.2 Å². The van der Waals surface area contributed by atoms with Crippen molar-refractivity contribution in [3.8, 4) is 0 Å². The molecule has 2 aromatic carbocycles. The predicted molar refractivity (Wildman–Crippen MR) is 118 cm³/mol. The van der Waals surface area contributed by atoms with E-state index in [1.165, 1.54) is 54.4 Å². The van der Waals surface area contributed by atoms with Crippen LogP contribution in [0.3, 0.4) is 0 Å². The van der Waals surface area contributed by atoms with Gasteiger partial charge in [0.2, 0.25) is 0 Å². The van der Waals surface area contributed by atoms with Gasteiger partial charge in [-0.05, 0) is 0 Å². The Labute approximate surface area is 215 Å². The maximum Gasteiger partial charge on any atom is -1.00 e. The van der Waals surface area contributed by atoms with Crippen LogP contribution in [0.1, 0.15) is 61.3 Å². The van der Waals surface area contributed by atoms with E-state index in [4.69, 9.17) is 0 Å². The van der Waals surface area contributed by atoms with Crippen LogP contribution >= 0.6 is 0 Å². The molecule has 30 heavy (non-hydrogen) atoms. The summed E-state index contributed by atoms with van der Waals surface area (Å²) in [5, 5.41) is 3.41. The van der Waals surface area contributed by atoms with Crippen molar-refractivity contribution >= 4 is 20.3 Å². The molecule has 0 heterocycles. The summed E-state index contributed by atoms with van der Waals surface area (Å²) >= 11 is 2.37. The van der Waals surface area contributed by atoms with Gasteiger partial charge in [0.05, 0.1) is 0 Å². The SMILES string of the molecule is CCCCCC1=[C]([Ti+3])C(c2ccccc2)=C([SiH2]c2c(C)cc(C)cc2C)C1.[Cl-].[Cl-].[Cl-]. The van der Waals surface area contributed by atoms with E-state index in [1.54, 1.807) is 25.4 Å². The van der Waals surface area contributed by atoms with Crippen LogP contribution in [0.4, 0.5) is 0 Å². The van der Waals surface area contributed by atoms with E-state index in [2.05, 4.69) is 90.6 Å². The topological polar surface area (TPSA) is 0 Å². The first kappa shape index (κ1) is 29.7. The number of benzene rings is 2. The summed E-state index contributed by atoms with van der Waals surface area (Å²) < 4.78 is 1.57.